The Morgan fingerprint density at radius 2 is 2.00 bits per heavy atom. The van der Waals surface area contributed by atoms with Crippen LogP contribution < -0.4 is 0 Å². The number of thiol groups is 1. The average molecular weight is 248 g/mol. The van der Waals surface area contributed by atoms with E-state index in [2.05, 4.69) is 17.5 Å². The van der Waals surface area contributed by atoms with Crippen molar-refractivity contribution < 1.29 is 0 Å². The van der Waals surface area contributed by atoms with Gasteiger partial charge in [0.25, 0.3) is 0 Å². The summed E-state index contributed by atoms with van der Waals surface area (Å²) in [6.07, 6.45) is 7.06. The van der Waals surface area contributed by atoms with Gasteiger partial charge in [0.2, 0.25) is 0 Å². The molecular weight excluding hydrogens is 226 g/mol. The first-order valence-corrected chi connectivity index (χ1v) is 7.34. The summed E-state index contributed by atoms with van der Waals surface area (Å²) in [5, 5.41) is 0. The van der Waals surface area contributed by atoms with Gasteiger partial charge in [-0.3, -0.25) is 0 Å². The smallest absolute Gasteiger partial charge is 0.0351 e. The number of alkyl halides is 1. The molecule has 0 amide bonds. The summed E-state index contributed by atoms with van der Waals surface area (Å²) < 4.78 is 0. The quantitative estimate of drug-likeness (QED) is 0.593. The highest BCUT2D eigenvalue weighted by Crippen LogP contribution is 2.45. The Morgan fingerprint density at radius 3 is 2.60 bits per heavy atom. The van der Waals surface area contributed by atoms with Gasteiger partial charge >= 0.3 is 0 Å². The van der Waals surface area contributed by atoms with Crippen LogP contribution in [-0.4, -0.2) is 36.2 Å². The molecule has 15 heavy (non-hydrogen) atoms. The van der Waals surface area contributed by atoms with Crippen molar-refractivity contribution in [3.8, 4) is 0 Å². The van der Waals surface area contributed by atoms with Crippen molar-refractivity contribution in [2.75, 3.05) is 31.3 Å². The van der Waals surface area contributed by atoms with Crippen molar-refractivity contribution >= 4 is 24.2 Å². The standard InChI is InChI=1S/C12H22ClNS/c13-6-8-14-7-5-12(10-14)3-1-11(9-15)2-4-12/h11,15H,1-10H2. The van der Waals surface area contributed by atoms with Gasteiger partial charge in [0.15, 0.2) is 0 Å². The maximum Gasteiger partial charge on any atom is 0.0351 e. The lowest BCUT2D eigenvalue weighted by molar-refractivity contribution is 0.160. The van der Waals surface area contributed by atoms with Crippen LogP contribution in [0.2, 0.25) is 0 Å². The summed E-state index contributed by atoms with van der Waals surface area (Å²) in [7, 11) is 0. The van der Waals surface area contributed by atoms with E-state index in [1.54, 1.807) is 0 Å². The highest BCUT2D eigenvalue weighted by molar-refractivity contribution is 7.80. The Hall–Kier alpha value is 0.600. The van der Waals surface area contributed by atoms with Crippen molar-refractivity contribution in [1.82, 2.24) is 4.90 Å². The SMILES string of the molecule is SCC1CCC2(CC1)CCN(CCCl)C2. The van der Waals surface area contributed by atoms with Gasteiger partial charge in [0.1, 0.15) is 0 Å². The van der Waals surface area contributed by atoms with E-state index < -0.39 is 0 Å². The van der Waals surface area contributed by atoms with Gasteiger partial charge in [0, 0.05) is 19.0 Å². The van der Waals surface area contributed by atoms with E-state index in [4.69, 9.17) is 11.6 Å². The molecule has 1 saturated heterocycles. The Bertz CT molecular complexity index is 202. The van der Waals surface area contributed by atoms with Crippen LogP contribution >= 0.6 is 24.2 Å². The molecule has 1 aliphatic carbocycles. The van der Waals surface area contributed by atoms with Crippen molar-refractivity contribution in [3.05, 3.63) is 0 Å². The fraction of sp³-hybridized carbons (Fsp3) is 1.00. The lowest BCUT2D eigenvalue weighted by atomic mass is 9.70. The molecule has 0 radical (unpaired) electrons. The molecule has 0 atom stereocenters. The number of hydrogen-bond acceptors (Lipinski definition) is 2. The third kappa shape index (κ3) is 2.83. The molecule has 1 saturated carbocycles. The molecule has 1 nitrogen and oxygen atoms in total. The minimum atomic E-state index is 0.658. The first-order chi connectivity index (χ1) is 7.28. The highest BCUT2D eigenvalue weighted by atomic mass is 35.5. The predicted octanol–water partition coefficient (Wildman–Crippen LogP) is 3.04. The number of rotatable bonds is 3. The summed E-state index contributed by atoms with van der Waals surface area (Å²) >= 11 is 10.2. The van der Waals surface area contributed by atoms with E-state index in [1.165, 1.54) is 45.2 Å². The molecule has 1 spiro atoms. The molecule has 2 rings (SSSR count). The number of halogens is 1. The van der Waals surface area contributed by atoms with Crippen molar-refractivity contribution in [2.45, 2.75) is 32.1 Å². The summed E-state index contributed by atoms with van der Waals surface area (Å²) in [6, 6.07) is 0. The minimum Gasteiger partial charge on any atom is -0.302 e. The molecule has 3 heteroatoms. The van der Waals surface area contributed by atoms with E-state index >= 15 is 0 Å². The van der Waals surface area contributed by atoms with Gasteiger partial charge in [-0.15, -0.1) is 11.6 Å². The maximum absolute atomic E-state index is 5.80. The van der Waals surface area contributed by atoms with Crippen molar-refractivity contribution in [1.29, 1.82) is 0 Å². The normalized spacial score (nSPS) is 37.6. The van der Waals surface area contributed by atoms with Crippen LogP contribution in [0.5, 0.6) is 0 Å². The van der Waals surface area contributed by atoms with E-state index in [0.717, 1.165) is 24.1 Å². The van der Waals surface area contributed by atoms with Crippen LogP contribution in [0.25, 0.3) is 0 Å². The van der Waals surface area contributed by atoms with Gasteiger partial charge in [-0.05, 0) is 55.7 Å². The van der Waals surface area contributed by atoms with Crippen LogP contribution in [0.15, 0.2) is 0 Å². The summed E-state index contributed by atoms with van der Waals surface area (Å²) in [4.78, 5) is 2.55. The van der Waals surface area contributed by atoms with Crippen LogP contribution in [0.1, 0.15) is 32.1 Å². The fourth-order valence-corrected chi connectivity index (χ4v) is 3.82. The van der Waals surface area contributed by atoms with E-state index in [-0.39, 0.29) is 0 Å². The maximum atomic E-state index is 5.80. The van der Waals surface area contributed by atoms with E-state index in [0.29, 0.717) is 5.41 Å². The molecule has 0 aromatic carbocycles. The summed E-state index contributed by atoms with van der Waals surface area (Å²) in [6.45, 7) is 3.66. The predicted molar refractivity (Wildman–Crippen MR) is 70.0 cm³/mol. The van der Waals surface area contributed by atoms with Crippen LogP contribution in [-0.2, 0) is 0 Å². The Kier molecular flexibility index (Phi) is 4.25. The summed E-state index contributed by atoms with van der Waals surface area (Å²) in [5.41, 5.74) is 0.658. The summed E-state index contributed by atoms with van der Waals surface area (Å²) in [5.74, 6) is 2.76. The molecule has 1 heterocycles. The zero-order chi connectivity index (χ0) is 10.7. The van der Waals surface area contributed by atoms with Gasteiger partial charge in [-0.25, -0.2) is 0 Å². The Labute approximate surface area is 104 Å². The minimum absolute atomic E-state index is 0.658. The lowest BCUT2D eigenvalue weighted by Crippen LogP contribution is -2.32. The number of hydrogen-bond donors (Lipinski definition) is 1. The van der Waals surface area contributed by atoms with Gasteiger partial charge in [0.05, 0.1) is 0 Å². The second-order valence-corrected chi connectivity index (χ2v) is 6.08. The lowest BCUT2D eigenvalue weighted by Gasteiger charge is -2.37. The first-order valence-electron chi connectivity index (χ1n) is 6.17. The average Bonchev–Trinajstić information content (AvgIpc) is 2.64. The molecule has 0 aromatic heterocycles. The molecule has 2 fully saturated rings. The zero-order valence-electron chi connectivity index (χ0n) is 9.42. The van der Waals surface area contributed by atoms with Gasteiger partial charge in [-0.2, -0.15) is 12.6 Å². The second-order valence-electron chi connectivity index (χ2n) is 5.34. The third-order valence-corrected chi connectivity index (χ3v) is 5.03. The molecule has 1 aliphatic heterocycles. The van der Waals surface area contributed by atoms with Gasteiger partial charge in [-0.1, -0.05) is 0 Å². The largest absolute Gasteiger partial charge is 0.302 e. The molecule has 0 bridgehead atoms. The van der Waals surface area contributed by atoms with Crippen molar-refractivity contribution in [3.63, 3.8) is 0 Å². The Balaban J connectivity index is 1.83. The van der Waals surface area contributed by atoms with Crippen molar-refractivity contribution in [2.24, 2.45) is 11.3 Å². The highest BCUT2D eigenvalue weighted by Gasteiger charge is 2.40. The second kappa shape index (κ2) is 5.29. The molecular formula is C12H22ClNS. The van der Waals surface area contributed by atoms with Crippen LogP contribution in [0.4, 0.5) is 0 Å². The topological polar surface area (TPSA) is 3.24 Å². The van der Waals surface area contributed by atoms with Gasteiger partial charge < -0.3 is 4.90 Å². The van der Waals surface area contributed by atoms with Crippen LogP contribution in [0.3, 0.4) is 0 Å². The molecule has 0 unspecified atom stereocenters. The fourth-order valence-electron chi connectivity index (χ4n) is 3.22. The third-order valence-electron chi connectivity index (χ3n) is 4.34. The molecule has 0 aromatic rings. The van der Waals surface area contributed by atoms with E-state index in [9.17, 15) is 0 Å². The molecule has 2 aliphatic rings. The van der Waals surface area contributed by atoms with Crippen LogP contribution in [0, 0.1) is 11.3 Å². The molecule has 88 valence electrons. The monoisotopic (exact) mass is 247 g/mol. The molecule has 0 N–H and O–H groups in total. The first kappa shape index (κ1) is 12.1. The number of nitrogens with zero attached hydrogens (tertiary/aromatic N) is 1. The Morgan fingerprint density at radius 1 is 1.27 bits per heavy atom. The zero-order valence-corrected chi connectivity index (χ0v) is 11.1. The van der Waals surface area contributed by atoms with E-state index in [1.807, 2.05) is 0 Å². The number of likely N-dealkylation sites (tertiary alicyclic amines) is 1.